The lowest BCUT2D eigenvalue weighted by Crippen LogP contribution is -2.39. The molecular formula is C56H67ClN20O9S. The molecule has 458 valence electrons. The molecular weight excluding hydrogens is 1160 g/mol. The summed E-state index contributed by atoms with van der Waals surface area (Å²) in [5.74, 6) is -4.69. The predicted molar refractivity (Wildman–Crippen MR) is 329 cm³/mol. The van der Waals surface area contributed by atoms with Crippen molar-refractivity contribution in [1.29, 1.82) is 0 Å². The van der Waals surface area contributed by atoms with E-state index in [1.807, 2.05) is 0 Å². The quantitative estimate of drug-likeness (QED) is 0.0325. The van der Waals surface area contributed by atoms with Crippen molar-refractivity contribution in [3.8, 4) is 0 Å². The molecule has 8 aromatic rings. The number of hydrogen-bond donors (Lipinski definition) is 11. The number of imidazole rings is 2. The van der Waals surface area contributed by atoms with Crippen molar-refractivity contribution in [2.45, 2.75) is 44.6 Å². The van der Waals surface area contributed by atoms with E-state index in [-0.39, 0.29) is 70.6 Å². The molecule has 29 nitrogen and oxygen atoms in total. The molecule has 1 atom stereocenters. The molecule has 9 amide bonds. The van der Waals surface area contributed by atoms with Crippen LogP contribution in [-0.4, -0.2) is 121 Å². The second kappa shape index (κ2) is 27.8. The highest BCUT2D eigenvalue weighted by Crippen LogP contribution is 2.26. The van der Waals surface area contributed by atoms with Gasteiger partial charge in [-0.3, -0.25) is 43.2 Å². The second-order valence-electron chi connectivity index (χ2n) is 20.5. The minimum Gasteiger partial charge on any atom is -0.351 e. The number of nitrogens with one attached hydrogen (secondary N) is 9. The highest BCUT2D eigenvalue weighted by Gasteiger charge is 2.25. The van der Waals surface area contributed by atoms with Crippen LogP contribution in [-0.2, 0) is 54.1 Å². The molecule has 31 heteroatoms. The average molecular weight is 1230 g/mol. The summed E-state index contributed by atoms with van der Waals surface area (Å²) < 4.78 is 10.5. The highest BCUT2D eigenvalue weighted by molar-refractivity contribution is 7.12. The lowest BCUT2D eigenvalue weighted by atomic mass is 10.1. The van der Waals surface area contributed by atoms with Gasteiger partial charge < -0.3 is 91.3 Å². The van der Waals surface area contributed by atoms with Crippen LogP contribution in [0.1, 0.15) is 122 Å². The van der Waals surface area contributed by atoms with Gasteiger partial charge in [0.05, 0.1) is 39.5 Å². The van der Waals surface area contributed by atoms with E-state index in [9.17, 15) is 43.2 Å². The number of amides is 9. The van der Waals surface area contributed by atoms with Crippen molar-refractivity contribution in [2.75, 3.05) is 56.9 Å². The number of hydrogen-bond acceptors (Lipinski definition) is 14. The van der Waals surface area contributed by atoms with Gasteiger partial charge in [-0.05, 0) is 67.6 Å². The predicted octanol–water partition coefficient (Wildman–Crippen LogP) is 4.80. The molecule has 0 spiro atoms. The topological polar surface area (TPSA) is 374 Å². The van der Waals surface area contributed by atoms with Gasteiger partial charge in [0.25, 0.3) is 47.3 Å². The zero-order valence-corrected chi connectivity index (χ0v) is 50.2. The number of halogens is 1. The summed E-state index contributed by atoms with van der Waals surface area (Å²) >= 11 is 7.28. The average Bonchev–Trinajstić information content (AvgIpc) is 4.56. The third-order valence-electron chi connectivity index (χ3n) is 13.7. The summed E-state index contributed by atoms with van der Waals surface area (Å²) in [5, 5.41) is 26.6. The first kappa shape index (κ1) is 63.0. The van der Waals surface area contributed by atoms with E-state index in [1.54, 1.807) is 96.2 Å². The maximum atomic E-state index is 13.5. The Hall–Kier alpha value is -10.0. The summed E-state index contributed by atoms with van der Waals surface area (Å²) in [6, 6.07) is 7.99. The summed E-state index contributed by atoms with van der Waals surface area (Å²) in [4.78, 5) is 128. The van der Waals surface area contributed by atoms with Crippen molar-refractivity contribution in [2.24, 2.45) is 60.8 Å². The standard InChI is InChI=1S/C56H67ClN20O9S/c1-71-25-32(19-38(71)49(79)60-16-12-10-8-9-11-15-58)63-51(81)40-23-35(28-73(40)3)66-56(86)47-68-44(30-77(47)7)70-52(82)41-20-31(24-74(41)4)62-48(78)37(59)13-17-61-55(85)46-67-43(29-76(46)6)69-53(83)42-21-33(26-75(42)5)64-50(80)39-22-34(27-72(39)2)65-54(84)45-36(57)14-18-87-45/h14,18-30,37H,8-13,15-17,58-59H2,1-7H3,(H,60,79)(H,61,85)(H,62,78)(H,63,81)(H,64,80)(H,65,84)(H,66,86)(H,69,83)(H,70,82)/t37-/m1/s1. The SMILES string of the molecule is Cn1cc(NC(=O)c2cc(NC(=O)c3nc(NC(=O)c4cc(NC(=O)[C@H](N)CCNC(=O)c5nc(NC(=O)c6cc(NC(=O)c7cc(NC(=O)c8sccc8Cl)cn7C)cn6C)cn5C)cn4C)cn3C)cn2C)cc1C(=O)NCCCCCCCN. The number of carbonyl (C=O) groups excluding carboxylic acids is 9. The lowest BCUT2D eigenvalue weighted by Gasteiger charge is -2.12. The Bertz CT molecular complexity index is 3920. The molecule has 0 bridgehead atoms. The van der Waals surface area contributed by atoms with Gasteiger partial charge in [0, 0.05) is 106 Å². The summed E-state index contributed by atoms with van der Waals surface area (Å²) in [6.07, 6.45) is 15.6. The lowest BCUT2D eigenvalue weighted by molar-refractivity contribution is -0.117. The fourth-order valence-corrected chi connectivity index (χ4v) is 10.3. The van der Waals surface area contributed by atoms with Crippen LogP contribution < -0.4 is 59.3 Å². The number of unbranched alkanes of at least 4 members (excludes halogenated alkanes) is 4. The molecule has 8 heterocycles. The van der Waals surface area contributed by atoms with Gasteiger partial charge in [0.15, 0.2) is 11.6 Å². The summed E-state index contributed by atoms with van der Waals surface area (Å²) in [7, 11) is 11.3. The minimum atomic E-state index is -1.09. The number of aromatic nitrogens is 9. The molecule has 8 rings (SSSR count). The van der Waals surface area contributed by atoms with E-state index in [1.165, 1.54) is 81.6 Å². The second-order valence-corrected chi connectivity index (χ2v) is 21.8. The van der Waals surface area contributed by atoms with Crippen LogP contribution in [0.4, 0.5) is 40.1 Å². The minimum absolute atomic E-state index is 0.00993. The third-order valence-corrected chi connectivity index (χ3v) is 15.0. The van der Waals surface area contributed by atoms with Gasteiger partial charge in [0.2, 0.25) is 17.6 Å². The van der Waals surface area contributed by atoms with Crippen molar-refractivity contribution in [3.63, 3.8) is 0 Å². The molecule has 0 aliphatic heterocycles. The van der Waals surface area contributed by atoms with Gasteiger partial charge >= 0.3 is 0 Å². The van der Waals surface area contributed by atoms with Crippen molar-refractivity contribution in [3.05, 3.63) is 135 Å². The van der Waals surface area contributed by atoms with Crippen molar-refractivity contribution >= 4 is 116 Å². The van der Waals surface area contributed by atoms with Gasteiger partial charge in [-0.15, -0.1) is 11.3 Å². The Morgan fingerprint density at radius 2 is 0.839 bits per heavy atom. The van der Waals surface area contributed by atoms with Crippen LogP contribution >= 0.6 is 22.9 Å². The molecule has 0 saturated carbocycles. The fourth-order valence-electron chi connectivity index (χ4n) is 9.23. The molecule has 0 saturated heterocycles. The number of nitrogens with zero attached hydrogens (tertiary/aromatic N) is 9. The summed E-state index contributed by atoms with van der Waals surface area (Å²) in [6.45, 7) is 1.17. The molecule has 13 N–H and O–H groups in total. The van der Waals surface area contributed by atoms with Crippen LogP contribution in [0.3, 0.4) is 0 Å². The first-order chi connectivity index (χ1) is 41.5. The number of nitrogens with two attached hydrogens (primary N) is 2. The number of thiophene rings is 1. The molecule has 0 aliphatic carbocycles. The van der Waals surface area contributed by atoms with Gasteiger partial charge in [-0.2, -0.15) is 0 Å². The summed E-state index contributed by atoms with van der Waals surface area (Å²) in [5.41, 5.74) is 14.5. The Labute approximate surface area is 507 Å². The van der Waals surface area contributed by atoms with E-state index in [0.29, 0.717) is 51.4 Å². The highest BCUT2D eigenvalue weighted by atomic mass is 35.5. The van der Waals surface area contributed by atoms with Gasteiger partial charge in [-0.25, -0.2) is 9.97 Å². The maximum absolute atomic E-state index is 13.5. The number of rotatable bonds is 26. The van der Waals surface area contributed by atoms with Gasteiger partial charge in [0.1, 0.15) is 33.3 Å². The van der Waals surface area contributed by atoms with Crippen LogP contribution in [0.2, 0.25) is 5.02 Å². The molecule has 0 aromatic carbocycles. The molecule has 0 aliphatic rings. The molecule has 0 unspecified atom stereocenters. The van der Waals surface area contributed by atoms with Gasteiger partial charge in [-0.1, -0.05) is 30.9 Å². The van der Waals surface area contributed by atoms with E-state index >= 15 is 0 Å². The van der Waals surface area contributed by atoms with Crippen LogP contribution in [0.15, 0.2) is 85.2 Å². The van der Waals surface area contributed by atoms with E-state index in [2.05, 4.69) is 57.8 Å². The van der Waals surface area contributed by atoms with Crippen LogP contribution in [0, 0.1) is 0 Å². The molecule has 0 radical (unpaired) electrons. The van der Waals surface area contributed by atoms with Crippen LogP contribution in [0.25, 0.3) is 0 Å². The van der Waals surface area contributed by atoms with Crippen LogP contribution in [0.5, 0.6) is 0 Å². The first-order valence-corrected chi connectivity index (χ1v) is 28.5. The Morgan fingerprint density at radius 3 is 1.29 bits per heavy atom. The maximum Gasteiger partial charge on any atom is 0.291 e. The van der Waals surface area contributed by atoms with Crippen molar-refractivity contribution in [1.82, 2.24) is 52.6 Å². The zero-order valence-electron chi connectivity index (χ0n) is 48.7. The molecule has 8 aromatic heterocycles. The van der Waals surface area contributed by atoms with Crippen molar-refractivity contribution < 1.29 is 43.2 Å². The fraction of sp³-hybridized carbons (Fsp3) is 0.304. The Balaban J connectivity index is 0.763. The number of anilines is 7. The van der Waals surface area contributed by atoms with E-state index in [4.69, 9.17) is 23.1 Å². The monoisotopic (exact) mass is 1230 g/mol. The first-order valence-electron chi connectivity index (χ1n) is 27.3. The normalized spacial score (nSPS) is 11.4. The number of aryl methyl sites for hydroxylation is 7. The third kappa shape index (κ3) is 15.6. The van der Waals surface area contributed by atoms with E-state index in [0.717, 1.165) is 32.1 Å². The Kier molecular flexibility index (Phi) is 20.1. The number of carbonyl (C=O) groups is 9. The van der Waals surface area contributed by atoms with E-state index < -0.39 is 53.3 Å². The zero-order chi connectivity index (χ0) is 62.8. The molecule has 87 heavy (non-hydrogen) atoms. The smallest absolute Gasteiger partial charge is 0.291 e. The molecule has 0 fully saturated rings. The Morgan fingerprint density at radius 1 is 0.460 bits per heavy atom. The largest absolute Gasteiger partial charge is 0.351 e.